The standard InChI is InChI=1S/C3H5ClN4/c4-7-8-2-5-1-6-3-8/h1-2,7H,3H2. The molecule has 0 aromatic heterocycles. The maximum Gasteiger partial charge on any atom is 0.128 e. The van der Waals surface area contributed by atoms with Gasteiger partial charge in [-0.1, -0.05) is 0 Å². The average molecular weight is 133 g/mol. The minimum atomic E-state index is 0.521. The molecular formula is C3H5ClN4. The number of halogens is 1. The lowest BCUT2D eigenvalue weighted by atomic mass is 10.9. The molecule has 0 unspecified atom stereocenters. The molecule has 0 fully saturated rings. The summed E-state index contributed by atoms with van der Waals surface area (Å²) in [5, 5.41) is 1.54. The molecule has 0 saturated heterocycles. The van der Waals surface area contributed by atoms with Gasteiger partial charge in [0.2, 0.25) is 0 Å². The fourth-order valence-corrected chi connectivity index (χ4v) is 0.464. The molecule has 1 heterocycles. The van der Waals surface area contributed by atoms with Crippen molar-refractivity contribution in [3.05, 3.63) is 0 Å². The van der Waals surface area contributed by atoms with Gasteiger partial charge in [-0.25, -0.2) is 4.99 Å². The summed E-state index contributed by atoms with van der Waals surface area (Å²) in [7, 11) is 0. The summed E-state index contributed by atoms with van der Waals surface area (Å²) >= 11 is 5.19. The Labute approximate surface area is 51.9 Å². The van der Waals surface area contributed by atoms with Gasteiger partial charge in [-0.05, 0) is 11.8 Å². The van der Waals surface area contributed by atoms with Gasteiger partial charge in [0.15, 0.2) is 0 Å². The number of hydrogen-bond donors (Lipinski definition) is 1. The Bertz CT molecular complexity index is 120. The van der Waals surface area contributed by atoms with E-state index in [2.05, 4.69) is 14.9 Å². The fraction of sp³-hybridized carbons (Fsp3) is 0.333. The lowest BCUT2D eigenvalue weighted by molar-refractivity contribution is 0.414. The number of rotatable bonds is 1. The van der Waals surface area contributed by atoms with Crippen LogP contribution in [0.5, 0.6) is 0 Å². The Morgan fingerprint density at radius 1 is 1.75 bits per heavy atom. The molecule has 44 valence electrons. The molecule has 1 rings (SSSR count). The first-order valence-electron chi connectivity index (χ1n) is 2.08. The van der Waals surface area contributed by atoms with Crippen molar-refractivity contribution >= 4 is 24.5 Å². The topological polar surface area (TPSA) is 40.0 Å². The third-order valence-electron chi connectivity index (χ3n) is 0.697. The molecule has 0 aromatic rings. The molecule has 1 N–H and O–H groups in total. The predicted octanol–water partition coefficient (Wildman–Crippen LogP) is -0.0255. The second-order valence-electron chi connectivity index (χ2n) is 1.26. The van der Waals surface area contributed by atoms with Gasteiger partial charge in [-0.15, -0.1) is 4.94 Å². The van der Waals surface area contributed by atoms with Crippen LogP contribution in [-0.2, 0) is 0 Å². The molecule has 0 radical (unpaired) electrons. The maximum atomic E-state index is 5.19. The van der Waals surface area contributed by atoms with E-state index in [0.717, 1.165) is 0 Å². The first kappa shape index (κ1) is 5.53. The van der Waals surface area contributed by atoms with E-state index in [1.807, 2.05) is 0 Å². The first-order chi connectivity index (χ1) is 3.93. The van der Waals surface area contributed by atoms with Crippen molar-refractivity contribution in [3.8, 4) is 0 Å². The van der Waals surface area contributed by atoms with Gasteiger partial charge in [-0.3, -0.25) is 10.0 Å². The molecule has 0 aliphatic carbocycles. The van der Waals surface area contributed by atoms with Crippen LogP contribution in [0.2, 0.25) is 0 Å². The molecule has 0 bridgehead atoms. The van der Waals surface area contributed by atoms with Crippen LogP contribution in [-0.4, -0.2) is 24.4 Å². The smallest absolute Gasteiger partial charge is 0.128 e. The van der Waals surface area contributed by atoms with Crippen molar-refractivity contribution in [2.45, 2.75) is 0 Å². The summed E-state index contributed by atoms with van der Waals surface area (Å²) in [6.45, 7) is 0.521. The van der Waals surface area contributed by atoms with Crippen molar-refractivity contribution in [2.24, 2.45) is 9.98 Å². The van der Waals surface area contributed by atoms with Crippen LogP contribution in [0.3, 0.4) is 0 Å². The molecule has 0 amide bonds. The normalized spacial score (nSPS) is 17.4. The van der Waals surface area contributed by atoms with Gasteiger partial charge in [0.25, 0.3) is 0 Å². The number of hydrazine groups is 1. The van der Waals surface area contributed by atoms with E-state index in [0.29, 0.717) is 6.67 Å². The number of aliphatic imine (C=N–C) groups is 2. The molecule has 1 aliphatic rings. The van der Waals surface area contributed by atoms with Crippen molar-refractivity contribution in [3.63, 3.8) is 0 Å². The summed E-state index contributed by atoms with van der Waals surface area (Å²) < 4.78 is 0. The lowest BCUT2D eigenvalue weighted by Gasteiger charge is -2.13. The van der Waals surface area contributed by atoms with E-state index in [-0.39, 0.29) is 0 Å². The van der Waals surface area contributed by atoms with E-state index < -0.39 is 0 Å². The minimum Gasteiger partial charge on any atom is -0.262 e. The molecule has 0 saturated carbocycles. The van der Waals surface area contributed by atoms with Gasteiger partial charge in [0.05, 0.1) is 0 Å². The zero-order valence-electron chi connectivity index (χ0n) is 4.08. The Hall–Kier alpha value is -0.610. The van der Waals surface area contributed by atoms with Crippen molar-refractivity contribution in [2.75, 3.05) is 6.67 Å². The summed E-state index contributed by atoms with van der Waals surface area (Å²) in [6, 6.07) is 0. The maximum absolute atomic E-state index is 5.19. The third kappa shape index (κ3) is 1.18. The second-order valence-corrected chi connectivity index (χ2v) is 1.43. The van der Waals surface area contributed by atoms with Crippen molar-refractivity contribution < 1.29 is 0 Å². The van der Waals surface area contributed by atoms with Gasteiger partial charge in [-0.2, -0.15) is 0 Å². The average Bonchev–Trinajstić information content (AvgIpc) is 1.90. The highest BCUT2D eigenvalue weighted by atomic mass is 35.5. The van der Waals surface area contributed by atoms with E-state index in [1.54, 1.807) is 11.3 Å². The lowest BCUT2D eigenvalue weighted by Crippen LogP contribution is -2.31. The van der Waals surface area contributed by atoms with E-state index in [4.69, 9.17) is 11.8 Å². The Balaban J connectivity index is 2.40. The summed E-state index contributed by atoms with van der Waals surface area (Å²) in [6.07, 6.45) is 3.03. The molecule has 5 heteroatoms. The van der Waals surface area contributed by atoms with Crippen LogP contribution < -0.4 is 4.94 Å². The molecule has 0 spiro atoms. The SMILES string of the molecule is ClNN1C=NC=NC1. The largest absolute Gasteiger partial charge is 0.262 e. The van der Waals surface area contributed by atoms with Crippen molar-refractivity contribution in [1.82, 2.24) is 9.95 Å². The van der Waals surface area contributed by atoms with E-state index in [1.165, 1.54) is 6.34 Å². The Morgan fingerprint density at radius 2 is 2.62 bits per heavy atom. The fourth-order valence-electron chi connectivity index (χ4n) is 0.367. The number of nitrogens with zero attached hydrogens (tertiary/aromatic N) is 3. The van der Waals surface area contributed by atoms with Gasteiger partial charge >= 0.3 is 0 Å². The van der Waals surface area contributed by atoms with Crippen LogP contribution in [0, 0.1) is 0 Å². The quantitative estimate of drug-likeness (QED) is 0.509. The Kier molecular flexibility index (Phi) is 1.82. The highest BCUT2D eigenvalue weighted by Crippen LogP contribution is 1.84. The zero-order valence-corrected chi connectivity index (χ0v) is 4.84. The minimum absolute atomic E-state index is 0.521. The predicted molar refractivity (Wildman–Crippen MR) is 32.7 cm³/mol. The molecule has 4 nitrogen and oxygen atoms in total. The monoisotopic (exact) mass is 132 g/mol. The summed E-state index contributed by atoms with van der Waals surface area (Å²) in [4.78, 5) is 9.82. The van der Waals surface area contributed by atoms with E-state index in [9.17, 15) is 0 Å². The zero-order chi connectivity index (χ0) is 5.82. The van der Waals surface area contributed by atoms with Crippen LogP contribution >= 0.6 is 11.8 Å². The number of nitrogens with one attached hydrogen (secondary N) is 1. The van der Waals surface area contributed by atoms with Gasteiger partial charge < -0.3 is 0 Å². The van der Waals surface area contributed by atoms with Crippen molar-refractivity contribution in [1.29, 1.82) is 0 Å². The van der Waals surface area contributed by atoms with Gasteiger partial charge in [0.1, 0.15) is 19.3 Å². The van der Waals surface area contributed by atoms with Crippen LogP contribution in [0.4, 0.5) is 0 Å². The summed E-state index contributed by atoms with van der Waals surface area (Å²) in [5.41, 5.74) is 0. The highest BCUT2D eigenvalue weighted by Gasteiger charge is 1.94. The van der Waals surface area contributed by atoms with Crippen LogP contribution in [0.15, 0.2) is 9.98 Å². The molecule has 0 atom stereocenters. The molecular weight excluding hydrogens is 128 g/mol. The molecule has 8 heavy (non-hydrogen) atoms. The first-order valence-corrected chi connectivity index (χ1v) is 2.46. The van der Waals surface area contributed by atoms with Crippen LogP contribution in [0.1, 0.15) is 0 Å². The number of hydrogen-bond acceptors (Lipinski definition) is 4. The third-order valence-corrected chi connectivity index (χ3v) is 0.914. The summed E-state index contributed by atoms with van der Waals surface area (Å²) in [5.74, 6) is 0. The second kappa shape index (κ2) is 2.64. The highest BCUT2D eigenvalue weighted by molar-refractivity contribution is 6.13. The molecule has 0 aromatic carbocycles. The van der Waals surface area contributed by atoms with Gasteiger partial charge in [0, 0.05) is 0 Å². The molecule has 1 aliphatic heterocycles. The van der Waals surface area contributed by atoms with E-state index >= 15 is 0 Å². The Morgan fingerprint density at radius 3 is 3.00 bits per heavy atom. The van der Waals surface area contributed by atoms with Crippen LogP contribution in [0.25, 0.3) is 0 Å².